The van der Waals surface area contributed by atoms with Gasteiger partial charge in [-0.15, -0.1) is 11.3 Å². The van der Waals surface area contributed by atoms with Gasteiger partial charge >= 0.3 is 0 Å². The Bertz CT molecular complexity index is 1300. The molecule has 0 aliphatic carbocycles. The van der Waals surface area contributed by atoms with Crippen LogP contribution in [0.25, 0.3) is 21.6 Å². The van der Waals surface area contributed by atoms with Crippen molar-refractivity contribution in [2.75, 3.05) is 23.8 Å². The smallest absolute Gasteiger partial charge is 0.265 e. The van der Waals surface area contributed by atoms with Gasteiger partial charge in [-0.25, -0.2) is 8.78 Å². The van der Waals surface area contributed by atoms with Gasteiger partial charge in [0.05, 0.1) is 4.88 Å². The van der Waals surface area contributed by atoms with Gasteiger partial charge in [0.25, 0.3) is 5.91 Å². The van der Waals surface area contributed by atoms with E-state index < -0.39 is 23.2 Å². The second kappa shape index (κ2) is 8.16. The zero-order valence-electron chi connectivity index (χ0n) is 17.2. The Labute approximate surface area is 188 Å². The van der Waals surface area contributed by atoms with Crippen LogP contribution in [-0.2, 0) is 6.42 Å². The molecular formula is C25H19F2N3OS. The molecule has 0 spiro atoms. The molecule has 5 rings (SSSR count). The second-order valence-corrected chi connectivity index (χ2v) is 8.71. The minimum Gasteiger partial charge on any atom is -0.374 e. The fraction of sp³-hybridized carbons (Fsp3) is 0.120. The summed E-state index contributed by atoms with van der Waals surface area (Å²) in [5.74, 6) is -2.13. The summed E-state index contributed by atoms with van der Waals surface area (Å²) in [6, 6.07) is 15.5. The van der Waals surface area contributed by atoms with E-state index in [9.17, 15) is 13.6 Å². The number of carbonyl (C=O) groups excluding carboxylic acids is 1. The number of thiophene rings is 1. The van der Waals surface area contributed by atoms with E-state index in [4.69, 9.17) is 0 Å². The van der Waals surface area contributed by atoms with Crippen molar-refractivity contribution in [3.8, 4) is 21.6 Å². The number of benzene rings is 2. The summed E-state index contributed by atoms with van der Waals surface area (Å²) in [5.41, 5.74) is 4.76. The lowest BCUT2D eigenvalue weighted by molar-refractivity contribution is 0.102. The summed E-state index contributed by atoms with van der Waals surface area (Å²) in [5, 5.41) is 2.39. The van der Waals surface area contributed by atoms with Gasteiger partial charge < -0.3 is 10.2 Å². The molecule has 4 aromatic rings. The number of likely N-dealkylation sites (N-methyl/N-ethyl adjacent to an activating group) is 1. The molecule has 2 aromatic heterocycles. The van der Waals surface area contributed by atoms with Crippen LogP contribution in [0.1, 0.15) is 15.2 Å². The number of anilines is 2. The Morgan fingerprint density at radius 2 is 1.88 bits per heavy atom. The van der Waals surface area contributed by atoms with Crippen molar-refractivity contribution in [3.05, 3.63) is 89.1 Å². The molecule has 160 valence electrons. The van der Waals surface area contributed by atoms with Crippen LogP contribution in [0.5, 0.6) is 0 Å². The van der Waals surface area contributed by atoms with Crippen molar-refractivity contribution in [2.45, 2.75) is 6.42 Å². The van der Waals surface area contributed by atoms with Crippen LogP contribution < -0.4 is 10.2 Å². The lowest BCUT2D eigenvalue weighted by Crippen LogP contribution is -2.19. The first-order chi connectivity index (χ1) is 15.5. The minimum atomic E-state index is -0.801. The number of pyridine rings is 1. The molecule has 4 nitrogen and oxygen atoms in total. The van der Waals surface area contributed by atoms with Gasteiger partial charge in [0.15, 0.2) is 0 Å². The summed E-state index contributed by atoms with van der Waals surface area (Å²) in [6.07, 6.45) is 4.32. The van der Waals surface area contributed by atoms with Gasteiger partial charge in [-0.2, -0.15) is 0 Å². The molecule has 0 radical (unpaired) electrons. The molecular weight excluding hydrogens is 428 g/mol. The van der Waals surface area contributed by atoms with Crippen LogP contribution >= 0.6 is 11.3 Å². The number of rotatable bonds is 3. The van der Waals surface area contributed by atoms with Gasteiger partial charge in [-0.05, 0) is 53.9 Å². The molecule has 0 fully saturated rings. The van der Waals surface area contributed by atoms with E-state index in [1.807, 2.05) is 31.4 Å². The van der Waals surface area contributed by atoms with E-state index in [1.165, 1.54) is 17.4 Å². The molecule has 32 heavy (non-hydrogen) atoms. The van der Waals surface area contributed by atoms with Gasteiger partial charge in [-0.3, -0.25) is 9.78 Å². The normalized spacial score (nSPS) is 12.7. The molecule has 0 bridgehead atoms. The van der Waals surface area contributed by atoms with E-state index in [1.54, 1.807) is 6.20 Å². The lowest BCUT2D eigenvalue weighted by Gasteiger charge is -2.20. The monoisotopic (exact) mass is 447 g/mol. The van der Waals surface area contributed by atoms with Gasteiger partial charge in [0, 0.05) is 47.7 Å². The molecule has 0 atom stereocenters. The van der Waals surface area contributed by atoms with Crippen LogP contribution in [-0.4, -0.2) is 24.5 Å². The van der Waals surface area contributed by atoms with Crippen LogP contribution in [0.4, 0.5) is 20.2 Å². The predicted molar refractivity (Wildman–Crippen MR) is 124 cm³/mol. The first-order valence-electron chi connectivity index (χ1n) is 10.2. The number of hydrogen-bond acceptors (Lipinski definition) is 4. The number of halogens is 2. The highest BCUT2D eigenvalue weighted by Gasteiger charge is 2.24. The Kier molecular flexibility index (Phi) is 5.19. The number of nitrogens with zero attached hydrogens (tertiary/aromatic N) is 2. The molecule has 1 amide bonds. The number of hydrogen-bond donors (Lipinski definition) is 1. The maximum Gasteiger partial charge on any atom is 0.265 e. The SMILES string of the molecule is CN1CCc2cc(C(=O)Nc3c(F)cccc3F)sc2-c2cc(-c3cccnc3)ccc21. The van der Waals surface area contributed by atoms with Crippen LogP contribution in [0, 0.1) is 11.6 Å². The third-order valence-corrected chi connectivity index (χ3v) is 6.81. The second-order valence-electron chi connectivity index (χ2n) is 7.66. The van der Waals surface area contributed by atoms with Crippen molar-refractivity contribution in [3.63, 3.8) is 0 Å². The molecule has 2 aromatic carbocycles. The van der Waals surface area contributed by atoms with E-state index in [0.29, 0.717) is 4.88 Å². The Balaban J connectivity index is 1.55. The maximum absolute atomic E-state index is 14.0. The maximum atomic E-state index is 14.0. The molecule has 0 saturated carbocycles. The summed E-state index contributed by atoms with van der Waals surface area (Å²) < 4.78 is 28.0. The predicted octanol–water partition coefficient (Wildman–Crippen LogP) is 6.00. The Morgan fingerprint density at radius 3 is 2.62 bits per heavy atom. The third kappa shape index (κ3) is 3.65. The molecule has 1 aliphatic rings. The third-order valence-electron chi connectivity index (χ3n) is 5.60. The number of para-hydroxylation sites is 1. The molecule has 0 saturated heterocycles. The highest BCUT2D eigenvalue weighted by Crippen LogP contribution is 2.43. The Hall–Kier alpha value is -3.58. The van der Waals surface area contributed by atoms with Crippen molar-refractivity contribution in [1.29, 1.82) is 0 Å². The van der Waals surface area contributed by atoms with Gasteiger partial charge in [0.1, 0.15) is 17.3 Å². The van der Waals surface area contributed by atoms with E-state index in [-0.39, 0.29) is 0 Å². The van der Waals surface area contributed by atoms with Crippen molar-refractivity contribution in [2.24, 2.45) is 0 Å². The first-order valence-corrected chi connectivity index (χ1v) is 11.0. The zero-order chi connectivity index (χ0) is 22.2. The van der Waals surface area contributed by atoms with Crippen LogP contribution in [0.15, 0.2) is 67.0 Å². The molecule has 1 aliphatic heterocycles. The molecule has 1 N–H and O–H groups in total. The topological polar surface area (TPSA) is 45.2 Å². The van der Waals surface area contributed by atoms with Gasteiger partial charge in [-0.1, -0.05) is 18.2 Å². The van der Waals surface area contributed by atoms with Crippen molar-refractivity contribution < 1.29 is 13.6 Å². The lowest BCUT2D eigenvalue weighted by atomic mass is 10.0. The van der Waals surface area contributed by atoms with Crippen molar-refractivity contribution >= 4 is 28.6 Å². The highest BCUT2D eigenvalue weighted by molar-refractivity contribution is 7.17. The van der Waals surface area contributed by atoms with Crippen LogP contribution in [0.2, 0.25) is 0 Å². The molecule has 7 heteroatoms. The largest absolute Gasteiger partial charge is 0.374 e. The first kappa shape index (κ1) is 20.3. The van der Waals surface area contributed by atoms with E-state index in [0.717, 1.165) is 57.9 Å². The summed E-state index contributed by atoms with van der Waals surface area (Å²) in [4.78, 5) is 20.7. The number of fused-ring (bicyclic) bond motifs is 3. The van der Waals surface area contributed by atoms with Crippen molar-refractivity contribution in [1.82, 2.24) is 4.98 Å². The van der Waals surface area contributed by atoms with E-state index in [2.05, 4.69) is 33.4 Å². The highest BCUT2D eigenvalue weighted by atomic mass is 32.1. The molecule has 3 heterocycles. The number of amides is 1. The zero-order valence-corrected chi connectivity index (χ0v) is 18.0. The van der Waals surface area contributed by atoms with Crippen LogP contribution in [0.3, 0.4) is 0 Å². The standard InChI is InChI=1S/C25H19F2N3OS/c1-30-11-9-16-13-22(25(31)29-23-19(26)5-2-6-20(23)27)32-24(16)18-12-15(7-8-21(18)30)17-4-3-10-28-14-17/h2-8,10,12-14H,9,11H2,1H3,(H,29,31). The fourth-order valence-corrected chi connectivity index (χ4v) is 5.05. The minimum absolute atomic E-state index is 0.417. The number of aromatic nitrogens is 1. The Morgan fingerprint density at radius 1 is 1.06 bits per heavy atom. The average Bonchev–Trinajstić information content (AvgIpc) is 3.19. The summed E-state index contributed by atoms with van der Waals surface area (Å²) >= 11 is 1.34. The summed E-state index contributed by atoms with van der Waals surface area (Å²) in [7, 11) is 2.05. The van der Waals surface area contributed by atoms with Gasteiger partial charge in [0.2, 0.25) is 0 Å². The number of carbonyl (C=O) groups is 1. The average molecular weight is 448 g/mol. The summed E-state index contributed by atoms with van der Waals surface area (Å²) in [6.45, 7) is 0.798. The quantitative estimate of drug-likeness (QED) is 0.419. The molecule has 0 unspecified atom stereocenters. The number of nitrogens with one attached hydrogen (secondary N) is 1. The van der Waals surface area contributed by atoms with E-state index >= 15 is 0 Å². The fourth-order valence-electron chi connectivity index (χ4n) is 3.92.